The van der Waals surface area contributed by atoms with Gasteiger partial charge in [-0.25, -0.2) is 9.37 Å². The minimum absolute atomic E-state index is 0.00576. The van der Waals surface area contributed by atoms with Crippen molar-refractivity contribution in [2.24, 2.45) is 5.41 Å². The summed E-state index contributed by atoms with van der Waals surface area (Å²) in [5.41, 5.74) is 6.54. The van der Waals surface area contributed by atoms with Gasteiger partial charge >= 0.3 is 0 Å². The molecular weight excluding hydrogens is 1190 g/mol. The van der Waals surface area contributed by atoms with E-state index in [0.717, 1.165) is 59.6 Å². The third-order valence-corrected chi connectivity index (χ3v) is 18.0. The van der Waals surface area contributed by atoms with Crippen molar-refractivity contribution in [1.82, 2.24) is 40.2 Å². The Morgan fingerprint density at radius 3 is 2.00 bits per heavy atom. The van der Waals surface area contributed by atoms with Crippen molar-refractivity contribution >= 4 is 52.5 Å². The Morgan fingerprint density at radius 2 is 1.41 bits per heavy atom. The summed E-state index contributed by atoms with van der Waals surface area (Å²) >= 11 is 1.50. The first kappa shape index (κ1) is 68.2. The van der Waals surface area contributed by atoms with E-state index in [9.17, 15) is 38.3 Å². The Kier molecular flexibility index (Phi) is 23.6. The predicted molar refractivity (Wildman–Crippen MR) is 340 cm³/mol. The number of aryl methyl sites for hydroxylation is 1. The van der Waals surface area contributed by atoms with Crippen LogP contribution < -0.4 is 26.0 Å². The van der Waals surface area contributed by atoms with Gasteiger partial charge in [-0.3, -0.25) is 33.7 Å². The lowest BCUT2D eigenvalue weighted by Gasteiger charge is -2.53. The molecule has 492 valence electrons. The molecule has 22 nitrogen and oxygen atoms in total. The molecule has 1 saturated heterocycles. The zero-order valence-electron chi connectivity index (χ0n) is 53.2. The van der Waals surface area contributed by atoms with Crippen LogP contribution in [-0.4, -0.2) is 189 Å². The number of β-amino-alcohol motifs (C(OH)–C–C–N with tert-alkyl or cyclic N) is 1. The van der Waals surface area contributed by atoms with Gasteiger partial charge < -0.3 is 69.2 Å². The number of thiazole rings is 1. The van der Waals surface area contributed by atoms with Gasteiger partial charge in [0.1, 0.15) is 30.1 Å². The molecule has 91 heavy (non-hydrogen) atoms. The summed E-state index contributed by atoms with van der Waals surface area (Å²) in [4.78, 5) is 89.8. The van der Waals surface area contributed by atoms with E-state index in [0.29, 0.717) is 94.2 Å². The third kappa shape index (κ3) is 17.9. The van der Waals surface area contributed by atoms with Crippen LogP contribution in [0.1, 0.15) is 115 Å². The number of hydrogen-bond donors (Lipinski definition) is 5. The van der Waals surface area contributed by atoms with Crippen LogP contribution in [-0.2, 0) is 74.6 Å². The molecule has 1 spiro atoms. The second-order valence-electron chi connectivity index (χ2n) is 25.0. The van der Waals surface area contributed by atoms with Crippen molar-refractivity contribution in [2.75, 3.05) is 105 Å². The Morgan fingerprint density at radius 1 is 0.769 bits per heavy atom. The van der Waals surface area contributed by atoms with Gasteiger partial charge in [-0.05, 0) is 104 Å². The molecule has 4 heterocycles. The number of amides is 6. The van der Waals surface area contributed by atoms with Crippen LogP contribution in [0.2, 0.25) is 0 Å². The zero-order valence-corrected chi connectivity index (χ0v) is 54.0. The van der Waals surface area contributed by atoms with Crippen LogP contribution in [0.25, 0.3) is 10.4 Å². The lowest BCUT2D eigenvalue weighted by atomic mass is 9.71. The smallest absolute Gasteiger partial charge is 0.268 e. The number of ether oxygens (including phenoxy) is 6. The fraction of sp³-hybridized carbons (Fsp3) is 0.537. The molecule has 9 rings (SSSR count). The van der Waals surface area contributed by atoms with Crippen molar-refractivity contribution in [3.8, 4) is 16.2 Å². The van der Waals surface area contributed by atoms with E-state index in [2.05, 4.69) is 41.8 Å². The van der Waals surface area contributed by atoms with Gasteiger partial charge in [0.15, 0.2) is 5.67 Å². The number of rotatable bonds is 33. The summed E-state index contributed by atoms with van der Waals surface area (Å²) < 4.78 is 51.3. The molecule has 2 saturated carbocycles. The maximum Gasteiger partial charge on any atom is 0.268 e. The van der Waals surface area contributed by atoms with Crippen LogP contribution in [0.15, 0.2) is 84.4 Å². The molecule has 2 aliphatic carbocycles. The molecule has 4 aliphatic rings. The standard InChI is InChI=1S/C67H88FN9O13S/c1-45-58(91-44-71-45)49-14-15-50(41-70-61(81)54-39-52(78)43-77(54)63(83)59(65(2,3)4)73-64(84)66(68)23-24-66)55(38-49)90-37-36-89-35-34-88-33-32-87-31-30-86-29-28-85-27-20-57(79)72-51-16-10-46(11-17-51)40-69-60(80)53-18-19-56-67(21-7-22-67)75(25-26-76(53)56)42-47-8-12-48(13-9-47)62(82)74(5)6/h8-19,38,44,52,54,59,78H,7,20-37,39-43H2,1-6H3,(H,69,80)(H,70,81)(H,72,79)(H,73,84)/t52-,54+,59-/m1/s1. The molecule has 5 aromatic rings. The van der Waals surface area contributed by atoms with Crippen molar-refractivity contribution in [1.29, 1.82) is 0 Å². The number of nitrogens with one attached hydrogen (secondary N) is 4. The lowest BCUT2D eigenvalue weighted by molar-refractivity contribution is -0.145. The molecule has 2 aliphatic heterocycles. The van der Waals surface area contributed by atoms with Crippen LogP contribution >= 0.6 is 11.3 Å². The highest BCUT2D eigenvalue weighted by atomic mass is 32.1. The van der Waals surface area contributed by atoms with Crippen molar-refractivity contribution in [3.63, 3.8) is 0 Å². The van der Waals surface area contributed by atoms with Crippen LogP contribution in [0.5, 0.6) is 5.75 Å². The number of hydrogen-bond acceptors (Lipinski definition) is 16. The summed E-state index contributed by atoms with van der Waals surface area (Å²) in [6, 6.07) is 22.9. The summed E-state index contributed by atoms with van der Waals surface area (Å²) in [7, 11) is 3.51. The molecule has 3 fully saturated rings. The summed E-state index contributed by atoms with van der Waals surface area (Å²) in [5, 5.41) is 22.1. The van der Waals surface area contributed by atoms with Gasteiger partial charge in [-0.15, -0.1) is 11.3 Å². The normalized spacial score (nSPS) is 17.6. The van der Waals surface area contributed by atoms with Gasteiger partial charge in [0.25, 0.3) is 17.7 Å². The number of halogens is 1. The third-order valence-electron chi connectivity index (χ3n) is 17.1. The monoisotopic (exact) mass is 1280 g/mol. The van der Waals surface area contributed by atoms with Crippen molar-refractivity contribution in [2.45, 2.75) is 128 Å². The molecule has 5 N–H and O–H groups in total. The molecule has 24 heteroatoms. The maximum atomic E-state index is 14.7. The first-order valence-electron chi connectivity index (χ1n) is 31.5. The highest BCUT2D eigenvalue weighted by Crippen LogP contribution is 2.49. The number of aliphatic hydroxyl groups is 1. The lowest BCUT2D eigenvalue weighted by Crippen LogP contribution is -2.59. The van der Waals surface area contributed by atoms with E-state index in [1.165, 1.54) is 21.9 Å². The number of carbonyl (C=O) groups excluding carboxylic acids is 6. The minimum Gasteiger partial charge on any atom is -0.491 e. The molecule has 6 amide bonds. The Balaban J connectivity index is 0.591. The Bertz CT molecular complexity index is 3290. The van der Waals surface area contributed by atoms with E-state index in [1.54, 1.807) is 45.3 Å². The first-order chi connectivity index (χ1) is 43.7. The van der Waals surface area contributed by atoms with Gasteiger partial charge in [0.2, 0.25) is 17.7 Å². The van der Waals surface area contributed by atoms with E-state index in [1.807, 2.05) is 79.7 Å². The Labute approximate surface area is 535 Å². The number of carbonyl (C=O) groups is 6. The average Bonchev–Trinajstić information content (AvgIpc) is 1.71. The highest BCUT2D eigenvalue weighted by Gasteiger charge is 2.54. The summed E-state index contributed by atoms with van der Waals surface area (Å²) in [5.74, 6) is -1.68. The number of benzene rings is 3. The van der Waals surface area contributed by atoms with Crippen molar-refractivity contribution in [3.05, 3.63) is 124 Å². The molecule has 0 unspecified atom stereocenters. The number of aromatic nitrogens is 2. The van der Waals surface area contributed by atoms with Crippen LogP contribution in [0, 0.1) is 12.3 Å². The average molecular weight is 1280 g/mol. The molecule has 3 aromatic carbocycles. The summed E-state index contributed by atoms with van der Waals surface area (Å²) in [6.45, 7) is 13.3. The molecule has 3 atom stereocenters. The molecule has 0 bridgehead atoms. The number of aliphatic hydroxyl groups excluding tert-OH is 1. The topological polar surface area (TPSA) is 254 Å². The van der Waals surface area contributed by atoms with Gasteiger partial charge in [0, 0.05) is 82.3 Å². The van der Waals surface area contributed by atoms with E-state index >= 15 is 0 Å². The number of fused-ring (bicyclic) bond motifs is 2. The number of alkyl halides is 1. The van der Waals surface area contributed by atoms with Crippen LogP contribution in [0.4, 0.5) is 10.1 Å². The second-order valence-corrected chi connectivity index (χ2v) is 25.8. The SMILES string of the molecule is Cc1ncsc1-c1ccc(CNC(=O)[C@@H]2C[C@@H](O)CN2C(=O)[C@@H](NC(=O)C2(F)CC2)C(C)(C)C)c(OCCOCCOCCOCCOCCOCCC(=O)Nc2ccc(CNC(=O)c3ccc4n3CCN(Cc3ccc(C(=O)N(C)C)cc3)C43CCC3)cc2)c1. The number of anilines is 1. The predicted octanol–water partition coefficient (Wildman–Crippen LogP) is 6.55. The first-order valence-corrected chi connectivity index (χ1v) is 32.3. The highest BCUT2D eigenvalue weighted by molar-refractivity contribution is 7.13. The zero-order chi connectivity index (χ0) is 64.7. The fourth-order valence-corrected chi connectivity index (χ4v) is 12.4. The van der Waals surface area contributed by atoms with E-state index in [-0.39, 0.29) is 81.9 Å². The largest absolute Gasteiger partial charge is 0.491 e. The van der Waals surface area contributed by atoms with E-state index in [4.69, 9.17) is 28.4 Å². The quantitative estimate of drug-likeness (QED) is 0.0279. The van der Waals surface area contributed by atoms with Gasteiger partial charge in [0.05, 0.1) is 100 Å². The van der Waals surface area contributed by atoms with Crippen LogP contribution in [0.3, 0.4) is 0 Å². The fourth-order valence-electron chi connectivity index (χ4n) is 11.6. The minimum atomic E-state index is -1.99. The van der Waals surface area contributed by atoms with Gasteiger partial charge in [-0.1, -0.05) is 57.2 Å². The van der Waals surface area contributed by atoms with Crippen molar-refractivity contribution < 1.29 is 66.7 Å². The molecule has 2 aromatic heterocycles. The number of likely N-dealkylation sites (tertiary alicyclic amines) is 1. The molecule has 0 radical (unpaired) electrons. The number of nitrogens with zero attached hydrogens (tertiary/aromatic N) is 5. The van der Waals surface area contributed by atoms with Gasteiger partial charge in [-0.2, -0.15) is 0 Å². The van der Waals surface area contributed by atoms with E-state index < -0.39 is 47.0 Å². The summed E-state index contributed by atoms with van der Waals surface area (Å²) in [6.07, 6.45) is 2.62. The Hall–Kier alpha value is -7.16. The second kappa shape index (κ2) is 31.4. The molecular formula is C67H88FN9O13S. The maximum absolute atomic E-state index is 14.7.